The van der Waals surface area contributed by atoms with Gasteiger partial charge in [0.25, 0.3) is 0 Å². The molecule has 0 aliphatic carbocycles. The van der Waals surface area contributed by atoms with Crippen LogP contribution in [0.5, 0.6) is 5.75 Å². The molecule has 9 heteroatoms. The van der Waals surface area contributed by atoms with Crippen molar-refractivity contribution in [3.05, 3.63) is 60.2 Å². The summed E-state index contributed by atoms with van der Waals surface area (Å²) >= 11 is 0. The van der Waals surface area contributed by atoms with Gasteiger partial charge in [0.2, 0.25) is 21.8 Å². The number of benzene rings is 2. The Morgan fingerprint density at radius 1 is 1.07 bits per heavy atom. The number of carbonyl (C=O) groups is 2. The summed E-state index contributed by atoms with van der Waals surface area (Å²) in [5, 5.41) is 14.8. The minimum absolute atomic E-state index is 0.0471. The lowest BCUT2D eigenvalue weighted by atomic mass is 10.2. The van der Waals surface area contributed by atoms with Crippen LogP contribution in [0.25, 0.3) is 6.08 Å². The van der Waals surface area contributed by atoms with Gasteiger partial charge in [0.05, 0.1) is 17.1 Å². The van der Waals surface area contributed by atoms with Gasteiger partial charge in [-0.2, -0.15) is 4.31 Å². The first-order valence-corrected chi connectivity index (χ1v) is 10.9. The summed E-state index contributed by atoms with van der Waals surface area (Å²) in [5.41, 5.74) is 0.788. The third kappa shape index (κ3) is 6.16. The van der Waals surface area contributed by atoms with Crippen molar-refractivity contribution in [2.24, 2.45) is 0 Å². The molecular formula is C21H25N3O5S. The van der Waals surface area contributed by atoms with E-state index in [1.54, 1.807) is 19.9 Å². The standard InChI is InChI=1S/C21H25N3O5S/c1-3-24(4-2)30(28,29)17-11-12-19(25)18(14-17)23-21(27)15-22-20(26)13-10-16-8-6-5-7-9-16/h5-14,25H,3-4,15H2,1-2H3,(H,22,26)(H,23,27)/b13-10+. The number of amides is 2. The highest BCUT2D eigenvalue weighted by atomic mass is 32.2. The van der Waals surface area contributed by atoms with Crippen molar-refractivity contribution < 1.29 is 23.1 Å². The van der Waals surface area contributed by atoms with E-state index in [1.807, 2.05) is 30.3 Å². The van der Waals surface area contributed by atoms with Gasteiger partial charge < -0.3 is 15.7 Å². The van der Waals surface area contributed by atoms with Gasteiger partial charge in [-0.05, 0) is 29.8 Å². The van der Waals surface area contributed by atoms with Crippen LogP contribution in [0, 0.1) is 0 Å². The highest BCUT2D eigenvalue weighted by molar-refractivity contribution is 7.89. The molecule has 0 bridgehead atoms. The van der Waals surface area contributed by atoms with E-state index in [9.17, 15) is 23.1 Å². The van der Waals surface area contributed by atoms with Crippen LogP contribution in [-0.2, 0) is 19.6 Å². The summed E-state index contributed by atoms with van der Waals surface area (Å²) in [4.78, 5) is 23.9. The normalized spacial score (nSPS) is 11.6. The first-order valence-electron chi connectivity index (χ1n) is 9.42. The summed E-state index contributed by atoms with van der Waals surface area (Å²) in [7, 11) is -3.74. The van der Waals surface area contributed by atoms with E-state index in [0.29, 0.717) is 13.1 Å². The Hall–Kier alpha value is -3.17. The number of nitrogens with one attached hydrogen (secondary N) is 2. The van der Waals surface area contributed by atoms with Crippen LogP contribution in [0.3, 0.4) is 0 Å². The molecule has 2 aromatic carbocycles. The first-order chi connectivity index (χ1) is 14.3. The van der Waals surface area contributed by atoms with Gasteiger partial charge in [0.1, 0.15) is 5.75 Å². The molecule has 0 fully saturated rings. The number of rotatable bonds is 9. The van der Waals surface area contributed by atoms with Crippen LogP contribution in [0.15, 0.2) is 59.5 Å². The molecule has 8 nitrogen and oxygen atoms in total. The summed E-state index contributed by atoms with van der Waals surface area (Å²) in [6, 6.07) is 12.9. The lowest BCUT2D eigenvalue weighted by Gasteiger charge is -2.19. The van der Waals surface area contributed by atoms with Crippen LogP contribution < -0.4 is 10.6 Å². The zero-order chi connectivity index (χ0) is 22.1. The summed E-state index contributed by atoms with van der Waals surface area (Å²) < 4.78 is 26.5. The Balaban J connectivity index is 2.01. The highest BCUT2D eigenvalue weighted by Gasteiger charge is 2.23. The van der Waals surface area contributed by atoms with Gasteiger partial charge in [-0.25, -0.2) is 8.42 Å². The number of carbonyl (C=O) groups excluding carboxylic acids is 2. The number of phenolic OH excluding ortho intramolecular Hbond substituents is 1. The molecule has 0 heterocycles. The second-order valence-electron chi connectivity index (χ2n) is 6.28. The largest absolute Gasteiger partial charge is 0.506 e. The molecule has 0 unspecified atom stereocenters. The Morgan fingerprint density at radius 3 is 2.37 bits per heavy atom. The van der Waals surface area contributed by atoms with E-state index >= 15 is 0 Å². The average molecular weight is 432 g/mol. The number of phenols is 1. The molecule has 160 valence electrons. The maximum atomic E-state index is 12.6. The Labute approximate surface area is 176 Å². The molecule has 30 heavy (non-hydrogen) atoms. The van der Waals surface area contributed by atoms with Crippen LogP contribution >= 0.6 is 0 Å². The fraction of sp³-hybridized carbons (Fsp3) is 0.238. The van der Waals surface area contributed by atoms with Crippen molar-refractivity contribution in [2.45, 2.75) is 18.7 Å². The summed E-state index contributed by atoms with van der Waals surface area (Å²) in [5.74, 6) is -1.35. The monoisotopic (exact) mass is 431 g/mol. The van der Waals surface area contributed by atoms with Crippen molar-refractivity contribution in [3.8, 4) is 5.75 Å². The zero-order valence-electron chi connectivity index (χ0n) is 16.8. The van der Waals surface area contributed by atoms with Gasteiger partial charge in [-0.1, -0.05) is 44.2 Å². The Kier molecular flexibility index (Phi) is 8.14. The molecular weight excluding hydrogens is 406 g/mol. The Morgan fingerprint density at radius 2 is 1.73 bits per heavy atom. The van der Waals surface area contributed by atoms with Crippen molar-refractivity contribution in [3.63, 3.8) is 0 Å². The van der Waals surface area contributed by atoms with E-state index in [-0.39, 0.29) is 22.9 Å². The quantitative estimate of drug-likeness (QED) is 0.416. The van der Waals surface area contributed by atoms with E-state index in [0.717, 1.165) is 5.56 Å². The third-order valence-electron chi connectivity index (χ3n) is 4.24. The fourth-order valence-corrected chi connectivity index (χ4v) is 4.13. The topological polar surface area (TPSA) is 116 Å². The number of sulfonamides is 1. The summed E-state index contributed by atoms with van der Waals surface area (Å²) in [6.07, 6.45) is 2.91. The predicted octanol–water partition coefficient (Wildman–Crippen LogP) is 2.19. The number of aromatic hydroxyl groups is 1. The molecule has 2 amide bonds. The van der Waals surface area contributed by atoms with Crippen LogP contribution in [0.2, 0.25) is 0 Å². The van der Waals surface area contributed by atoms with Crippen LogP contribution in [0.1, 0.15) is 19.4 Å². The number of anilines is 1. The molecule has 2 aromatic rings. The fourth-order valence-electron chi connectivity index (χ4n) is 2.65. The van der Waals surface area contributed by atoms with Crippen molar-refractivity contribution in [1.82, 2.24) is 9.62 Å². The zero-order valence-corrected chi connectivity index (χ0v) is 17.6. The SMILES string of the molecule is CCN(CC)S(=O)(=O)c1ccc(O)c(NC(=O)CNC(=O)/C=C/c2ccccc2)c1. The molecule has 3 N–H and O–H groups in total. The maximum absolute atomic E-state index is 12.6. The van der Waals surface area contributed by atoms with E-state index in [4.69, 9.17) is 0 Å². The lowest BCUT2D eigenvalue weighted by Crippen LogP contribution is -2.32. The molecule has 0 aromatic heterocycles. The lowest BCUT2D eigenvalue weighted by molar-refractivity contribution is -0.121. The van der Waals surface area contributed by atoms with Crippen molar-refractivity contribution >= 4 is 33.6 Å². The van der Waals surface area contributed by atoms with Gasteiger partial charge in [-0.15, -0.1) is 0 Å². The smallest absolute Gasteiger partial charge is 0.244 e. The second-order valence-corrected chi connectivity index (χ2v) is 8.22. The predicted molar refractivity (Wildman–Crippen MR) is 115 cm³/mol. The van der Waals surface area contributed by atoms with Crippen molar-refractivity contribution in [1.29, 1.82) is 0 Å². The van der Waals surface area contributed by atoms with E-state index in [1.165, 1.54) is 28.6 Å². The number of nitrogens with zero attached hydrogens (tertiary/aromatic N) is 1. The molecule has 0 aliphatic rings. The molecule has 2 rings (SSSR count). The molecule has 0 spiro atoms. The minimum atomic E-state index is -3.74. The van der Waals surface area contributed by atoms with E-state index in [2.05, 4.69) is 10.6 Å². The number of hydrogen-bond donors (Lipinski definition) is 3. The third-order valence-corrected chi connectivity index (χ3v) is 6.28. The van der Waals surface area contributed by atoms with Crippen LogP contribution in [-0.4, -0.2) is 49.3 Å². The van der Waals surface area contributed by atoms with Gasteiger partial charge in [-0.3, -0.25) is 9.59 Å². The average Bonchev–Trinajstić information content (AvgIpc) is 2.73. The van der Waals surface area contributed by atoms with Gasteiger partial charge in [0.15, 0.2) is 0 Å². The molecule has 0 aliphatic heterocycles. The minimum Gasteiger partial charge on any atom is -0.506 e. The van der Waals surface area contributed by atoms with Gasteiger partial charge in [0, 0.05) is 19.2 Å². The van der Waals surface area contributed by atoms with Gasteiger partial charge >= 0.3 is 0 Å². The summed E-state index contributed by atoms with van der Waals surface area (Å²) in [6.45, 7) is 3.69. The molecule has 0 radical (unpaired) electrons. The second kappa shape index (κ2) is 10.6. The Bertz CT molecular complexity index is 1020. The molecule has 0 saturated carbocycles. The van der Waals surface area contributed by atoms with Crippen molar-refractivity contribution in [2.75, 3.05) is 25.0 Å². The van der Waals surface area contributed by atoms with E-state index < -0.39 is 21.8 Å². The van der Waals surface area contributed by atoms with Crippen LogP contribution in [0.4, 0.5) is 5.69 Å². The molecule has 0 saturated heterocycles. The highest BCUT2D eigenvalue weighted by Crippen LogP contribution is 2.27. The number of hydrogen-bond acceptors (Lipinski definition) is 5. The first kappa shape index (κ1) is 23.1. The maximum Gasteiger partial charge on any atom is 0.244 e. The molecule has 0 atom stereocenters.